The van der Waals surface area contributed by atoms with Gasteiger partial charge in [0.05, 0.1) is 10.4 Å². The zero-order chi connectivity index (χ0) is 20.4. The van der Waals surface area contributed by atoms with Crippen molar-refractivity contribution in [2.24, 2.45) is 16.5 Å². The zero-order valence-corrected chi connectivity index (χ0v) is 14.9. The lowest BCUT2D eigenvalue weighted by Gasteiger charge is -2.07. The number of aliphatic imine (C=N–C) groups is 1. The minimum absolute atomic E-state index is 0.00134. The molecule has 28 heavy (non-hydrogen) atoms. The predicted molar refractivity (Wildman–Crippen MR) is 101 cm³/mol. The fourth-order valence-corrected chi connectivity index (χ4v) is 2.82. The molecule has 0 aliphatic heterocycles. The summed E-state index contributed by atoms with van der Waals surface area (Å²) in [7, 11) is 0. The molecular formula is C17H13ClF2N6O2. The van der Waals surface area contributed by atoms with Gasteiger partial charge in [0.25, 0.3) is 5.56 Å². The average Bonchev–Trinajstić information content (AvgIpc) is 3.03. The smallest absolute Gasteiger partial charge is 0.259 e. The molecule has 3 rings (SSSR count). The van der Waals surface area contributed by atoms with E-state index in [-0.39, 0.29) is 33.7 Å². The number of benzene rings is 1. The van der Waals surface area contributed by atoms with Crippen LogP contribution in [0.4, 0.5) is 8.78 Å². The summed E-state index contributed by atoms with van der Waals surface area (Å²) in [5.74, 6) is -2.50. The van der Waals surface area contributed by atoms with Crippen LogP contribution in [0, 0.1) is 11.6 Å². The quantitative estimate of drug-likeness (QED) is 0.554. The second kappa shape index (κ2) is 7.61. The number of rotatable bonds is 5. The Kier molecular flexibility index (Phi) is 5.23. The Morgan fingerprint density at radius 3 is 2.64 bits per heavy atom. The van der Waals surface area contributed by atoms with Crippen molar-refractivity contribution in [2.45, 2.75) is 0 Å². The highest BCUT2D eigenvalue weighted by Gasteiger charge is 2.23. The molecule has 0 saturated heterocycles. The minimum Gasteiger partial charge on any atom is -0.404 e. The van der Waals surface area contributed by atoms with Gasteiger partial charge < -0.3 is 16.5 Å². The number of primary amides is 1. The highest BCUT2D eigenvalue weighted by atomic mass is 35.5. The molecule has 0 aliphatic rings. The number of halogens is 3. The summed E-state index contributed by atoms with van der Waals surface area (Å²) in [5, 5.41) is 4.09. The van der Waals surface area contributed by atoms with Crippen LogP contribution in [0.25, 0.3) is 22.2 Å². The molecule has 144 valence electrons. The second-order valence-electron chi connectivity index (χ2n) is 5.58. The van der Waals surface area contributed by atoms with E-state index in [0.717, 1.165) is 23.0 Å². The Bertz CT molecular complexity index is 1180. The third-order valence-corrected chi connectivity index (χ3v) is 4.04. The maximum atomic E-state index is 14.3. The van der Waals surface area contributed by atoms with Gasteiger partial charge in [0.1, 0.15) is 23.4 Å². The molecule has 0 atom stereocenters. The molecule has 1 aromatic carbocycles. The Hall–Kier alpha value is -3.53. The van der Waals surface area contributed by atoms with Crippen LogP contribution in [0.5, 0.6) is 0 Å². The van der Waals surface area contributed by atoms with Crippen molar-refractivity contribution in [1.29, 1.82) is 0 Å². The molecule has 0 radical (unpaired) electrons. The number of aromatic nitrogens is 3. The van der Waals surface area contributed by atoms with E-state index in [2.05, 4.69) is 15.1 Å². The number of pyridine rings is 1. The number of aromatic amines is 1. The largest absolute Gasteiger partial charge is 0.404 e. The number of nitrogens with two attached hydrogens (primary N) is 2. The number of carbonyl (C=O) groups excluding carboxylic acids is 1. The maximum Gasteiger partial charge on any atom is 0.259 e. The van der Waals surface area contributed by atoms with Gasteiger partial charge >= 0.3 is 0 Å². The first-order chi connectivity index (χ1) is 13.3. The maximum absolute atomic E-state index is 14.3. The average molecular weight is 407 g/mol. The van der Waals surface area contributed by atoms with Crippen LogP contribution < -0.4 is 17.0 Å². The van der Waals surface area contributed by atoms with Crippen LogP contribution in [-0.2, 0) is 4.79 Å². The molecule has 5 N–H and O–H groups in total. The van der Waals surface area contributed by atoms with Gasteiger partial charge in [-0.05, 0) is 12.1 Å². The van der Waals surface area contributed by atoms with E-state index in [1.165, 1.54) is 18.5 Å². The number of nitrogens with zero attached hydrogens (tertiary/aromatic N) is 3. The molecule has 0 aliphatic carbocycles. The third kappa shape index (κ3) is 3.37. The number of carbonyl (C=O) groups is 1. The van der Waals surface area contributed by atoms with Gasteiger partial charge in [0, 0.05) is 24.2 Å². The molecule has 3 aromatic rings. The van der Waals surface area contributed by atoms with Gasteiger partial charge in [-0.2, -0.15) is 5.10 Å². The van der Waals surface area contributed by atoms with Crippen LogP contribution >= 0.6 is 11.6 Å². The summed E-state index contributed by atoms with van der Waals surface area (Å²) in [6, 6.07) is 3.28. The number of fused-ring (bicyclic) bond motifs is 1. The molecule has 0 fully saturated rings. The molecule has 0 spiro atoms. The van der Waals surface area contributed by atoms with Crippen molar-refractivity contribution < 1.29 is 13.6 Å². The standard InChI is InChI=1S/C17H13ClF2N6O2/c18-9-6-24-17(28)13-14(8(4-21)5-23-7-12(22)27)25-26(15(9)13)16-10(19)2-1-3-11(16)20/h1-6H,7,21H2,(H2,22,27)(H,24,28). The lowest BCUT2D eigenvalue weighted by Crippen LogP contribution is -2.14. The molecule has 2 heterocycles. The summed E-state index contributed by atoms with van der Waals surface area (Å²) in [4.78, 5) is 29.5. The van der Waals surface area contributed by atoms with E-state index in [1.54, 1.807) is 0 Å². The number of H-pyrrole nitrogens is 1. The second-order valence-corrected chi connectivity index (χ2v) is 5.99. The summed E-state index contributed by atoms with van der Waals surface area (Å²) in [6.45, 7) is -0.324. The van der Waals surface area contributed by atoms with Crippen LogP contribution in [-0.4, -0.2) is 33.4 Å². The minimum atomic E-state index is -0.909. The number of hydrogen-bond acceptors (Lipinski definition) is 5. The van der Waals surface area contributed by atoms with Crippen molar-refractivity contribution >= 4 is 40.2 Å². The van der Waals surface area contributed by atoms with E-state index >= 15 is 0 Å². The SMILES string of the molecule is NC=C(C=NCC(N)=O)c1nn(-c2c(F)cccc2F)c2c(Cl)c[nH]c(=O)c12. The summed E-state index contributed by atoms with van der Waals surface area (Å²) >= 11 is 6.17. The fraction of sp³-hybridized carbons (Fsp3) is 0.0588. The van der Waals surface area contributed by atoms with Gasteiger partial charge in [-0.3, -0.25) is 14.6 Å². The van der Waals surface area contributed by atoms with E-state index in [1.807, 2.05) is 0 Å². The highest BCUT2D eigenvalue weighted by Crippen LogP contribution is 2.30. The highest BCUT2D eigenvalue weighted by molar-refractivity contribution is 6.35. The number of hydrogen-bond donors (Lipinski definition) is 3. The monoisotopic (exact) mass is 406 g/mol. The molecular weight excluding hydrogens is 394 g/mol. The van der Waals surface area contributed by atoms with Gasteiger partial charge in [0.2, 0.25) is 5.91 Å². The first-order valence-electron chi connectivity index (χ1n) is 7.79. The number of amides is 1. The first kappa shape index (κ1) is 19.2. The van der Waals surface area contributed by atoms with E-state index < -0.39 is 28.8 Å². The van der Waals surface area contributed by atoms with Crippen molar-refractivity contribution in [3.8, 4) is 5.69 Å². The summed E-state index contributed by atoms with van der Waals surface area (Å²) < 4.78 is 29.6. The number of allylic oxidation sites excluding steroid dienone is 1. The van der Waals surface area contributed by atoms with Crippen LogP contribution in [0.3, 0.4) is 0 Å². The Morgan fingerprint density at radius 2 is 2.04 bits per heavy atom. The van der Waals surface area contributed by atoms with Crippen molar-refractivity contribution in [3.05, 3.63) is 63.3 Å². The van der Waals surface area contributed by atoms with E-state index in [4.69, 9.17) is 23.1 Å². The van der Waals surface area contributed by atoms with Gasteiger partial charge in [0.15, 0.2) is 11.6 Å². The van der Waals surface area contributed by atoms with Crippen LogP contribution in [0.15, 0.2) is 40.4 Å². The normalized spacial score (nSPS) is 12.2. The van der Waals surface area contributed by atoms with Gasteiger partial charge in [-0.15, -0.1) is 0 Å². The lowest BCUT2D eigenvalue weighted by molar-refractivity contribution is -0.116. The summed E-state index contributed by atoms with van der Waals surface area (Å²) in [5.41, 5.74) is 9.56. The Labute approximate surface area is 161 Å². The zero-order valence-electron chi connectivity index (χ0n) is 14.1. The van der Waals surface area contributed by atoms with Crippen LogP contribution in [0.1, 0.15) is 5.69 Å². The molecule has 2 aromatic heterocycles. The van der Waals surface area contributed by atoms with Crippen molar-refractivity contribution in [3.63, 3.8) is 0 Å². The number of nitrogens with one attached hydrogen (secondary N) is 1. The third-order valence-electron chi connectivity index (χ3n) is 3.75. The van der Waals surface area contributed by atoms with Crippen molar-refractivity contribution in [2.75, 3.05) is 6.54 Å². The molecule has 8 nitrogen and oxygen atoms in total. The van der Waals surface area contributed by atoms with Gasteiger partial charge in [-0.25, -0.2) is 13.5 Å². The van der Waals surface area contributed by atoms with Crippen LogP contribution in [0.2, 0.25) is 5.02 Å². The Balaban J connectivity index is 2.35. The molecule has 0 unspecified atom stereocenters. The summed E-state index contributed by atoms with van der Waals surface area (Å²) in [6.07, 6.45) is 3.43. The number of para-hydroxylation sites is 1. The van der Waals surface area contributed by atoms with E-state index in [9.17, 15) is 18.4 Å². The molecule has 11 heteroatoms. The molecule has 0 saturated carbocycles. The lowest BCUT2D eigenvalue weighted by atomic mass is 10.1. The molecule has 0 bridgehead atoms. The first-order valence-corrected chi connectivity index (χ1v) is 8.17. The van der Waals surface area contributed by atoms with Crippen molar-refractivity contribution in [1.82, 2.24) is 14.8 Å². The molecule has 1 amide bonds. The van der Waals surface area contributed by atoms with E-state index in [0.29, 0.717) is 0 Å². The Morgan fingerprint density at radius 1 is 1.36 bits per heavy atom. The predicted octanol–water partition coefficient (Wildman–Crippen LogP) is 1.50. The topological polar surface area (TPSA) is 132 Å². The van der Waals surface area contributed by atoms with Gasteiger partial charge in [-0.1, -0.05) is 17.7 Å². The fourth-order valence-electron chi connectivity index (χ4n) is 2.60.